The molecular weight excluding hydrogens is 188 g/mol. The number of aromatic amines is 1. The number of nitrogens with zero attached hydrogens (tertiary/aromatic N) is 1. The molecular formula is C9H7ClN2O. The third-order valence-corrected chi connectivity index (χ3v) is 2.11. The van der Waals surface area contributed by atoms with Gasteiger partial charge in [0.05, 0.1) is 6.21 Å². The van der Waals surface area contributed by atoms with Crippen LogP contribution in [0.1, 0.15) is 5.56 Å². The Kier molecular flexibility index (Phi) is 1.94. The lowest BCUT2D eigenvalue weighted by Gasteiger charge is -1.91. The van der Waals surface area contributed by atoms with Gasteiger partial charge in [-0.25, -0.2) is 0 Å². The maximum absolute atomic E-state index is 8.39. The van der Waals surface area contributed by atoms with Gasteiger partial charge in [-0.15, -0.1) is 0 Å². The van der Waals surface area contributed by atoms with Crippen LogP contribution < -0.4 is 0 Å². The van der Waals surface area contributed by atoms with Gasteiger partial charge in [0.15, 0.2) is 0 Å². The fourth-order valence-electron chi connectivity index (χ4n) is 1.28. The number of halogens is 1. The predicted octanol–water partition coefficient (Wildman–Crippen LogP) is 2.63. The normalized spacial score (nSPS) is 11.5. The van der Waals surface area contributed by atoms with Crippen LogP contribution in [0.2, 0.25) is 5.02 Å². The van der Waals surface area contributed by atoms with Crippen LogP contribution in [0.15, 0.2) is 29.6 Å². The molecule has 0 aliphatic heterocycles. The van der Waals surface area contributed by atoms with Gasteiger partial charge in [-0.1, -0.05) is 16.8 Å². The molecule has 0 bridgehead atoms. The molecule has 13 heavy (non-hydrogen) atoms. The third kappa shape index (κ3) is 1.38. The van der Waals surface area contributed by atoms with Crippen molar-refractivity contribution in [3.63, 3.8) is 0 Å². The van der Waals surface area contributed by atoms with Crippen molar-refractivity contribution in [1.82, 2.24) is 4.98 Å². The van der Waals surface area contributed by atoms with Crippen molar-refractivity contribution in [3.8, 4) is 0 Å². The van der Waals surface area contributed by atoms with Crippen LogP contribution in [0, 0.1) is 0 Å². The first-order valence-corrected chi connectivity index (χ1v) is 4.13. The van der Waals surface area contributed by atoms with Crippen molar-refractivity contribution in [2.24, 2.45) is 5.16 Å². The van der Waals surface area contributed by atoms with Crippen LogP contribution in [-0.4, -0.2) is 16.4 Å². The van der Waals surface area contributed by atoms with Gasteiger partial charge in [0, 0.05) is 27.7 Å². The summed E-state index contributed by atoms with van der Waals surface area (Å²) >= 11 is 5.83. The first kappa shape index (κ1) is 8.13. The van der Waals surface area contributed by atoms with Gasteiger partial charge >= 0.3 is 0 Å². The van der Waals surface area contributed by atoms with Gasteiger partial charge in [0.1, 0.15) is 0 Å². The van der Waals surface area contributed by atoms with Crippen LogP contribution in [0.5, 0.6) is 0 Å². The summed E-state index contributed by atoms with van der Waals surface area (Å²) in [6, 6.07) is 5.51. The molecule has 0 fully saturated rings. The number of fused-ring (bicyclic) bond motifs is 1. The number of oxime groups is 1. The molecule has 1 aromatic carbocycles. The maximum Gasteiger partial charge on any atom is 0.0755 e. The highest BCUT2D eigenvalue weighted by molar-refractivity contribution is 6.31. The molecule has 0 spiro atoms. The molecule has 0 saturated carbocycles. The van der Waals surface area contributed by atoms with Crippen LogP contribution in [0.25, 0.3) is 10.9 Å². The largest absolute Gasteiger partial charge is 0.411 e. The quantitative estimate of drug-likeness (QED) is 0.409. The van der Waals surface area contributed by atoms with E-state index in [1.54, 1.807) is 12.3 Å². The number of rotatable bonds is 1. The Morgan fingerprint density at radius 1 is 1.46 bits per heavy atom. The molecule has 66 valence electrons. The molecule has 2 N–H and O–H groups in total. The molecule has 1 aromatic heterocycles. The van der Waals surface area contributed by atoms with E-state index in [0.29, 0.717) is 5.02 Å². The maximum atomic E-state index is 8.39. The fraction of sp³-hybridized carbons (Fsp3) is 0. The number of hydrogen-bond donors (Lipinski definition) is 2. The first-order chi connectivity index (χ1) is 6.31. The van der Waals surface area contributed by atoms with E-state index < -0.39 is 0 Å². The summed E-state index contributed by atoms with van der Waals surface area (Å²) in [7, 11) is 0. The van der Waals surface area contributed by atoms with E-state index >= 15 is 0 Å². The summed E-state index contributed by atoms with van der Waals surface area (Å²) in [4.78, 5) is 3.04. The zero-order chi connectivity index (χ0) is 9.26. The highest BCUT2D eigenvalue weighted by Gasteiger charge is 2.01. The fourth-order valence-corrected chi connectivity index (χ4v) is 1.46. The smallest absolute Gasteiger partial charge is 0.0755 e. The number of benzene rings is 1. The molecule has 4 heteroatoms. The van der Waals surface area contributed by atoms with Crippen LogP contribution >= 0.6 is 11.6 Å². The van der Waals surface area contributed by atoms with Crippen molar-refractivity contribution < 1.29 is 5.21 Å². The Morgan fingerprint density at radius 2 is 2.31 bits per heavy atom. The second-order valence-corrected chi connectivity index (χ2v) is 3.11. The van der Waals surface area contributed by atoms with Crippen LogP contribution in [0.4, 0.5) is 0 Å². The molecule has 3 nitrogen and oxygen atoms in total. The molecule has 0 atom stereocenters. The Morgan fingerprint density at radius 3 is 3.08 bits per heavy atom. The summed E-state index contributed by atoms with van der Waals surface area (Å²) in [6.07, 6.45) is 3.13. The van der Waals surface area contributed by atoms with Crippen molar-refractivity contribution in [2.45, 2.75) is 0 Å². The number of hydrogen-bond acceptors (Lipinski definition) is 2. The van der Waals surface area contributed by atoms with Crippen molar-refractivity contribution in [1.29, 1.82) is 0 Å². The summed E-state index contributed by atoms with van der Waals surface area (Å²) < 4.78 is 0. The molecule has 0 unspecified atom stereocenters. The lowest BCUT2D eigenvalue weighted by molar-refractivity contribution is 0.322. The van der Waals surface area contributed by atoms with Crippen molar-refractivity contribution >= 4 is 28.7 Å². The number of nitrogens with one attached hydrogen (secondary N) is 1. The van der Waals surface area contributed by atoms with E-state index in [9.17, 15) is 0 Å². The number of H-pyrrole nitrogens is 1. The van der Waals surface area contributed by atoms with E-state index in [4.69, 9.17) is 16.8 Å². The first-order valence-electron chi connectivity index (χ1n) is 3.75. The van der Waals surface area contributed by atoms with E-state index in [-0.39, 0.29) is 0 Å². The summed E-state index contributed by atoms with van der Waals surface area (Å²) in [5, 5.41) is 13.0. The second-order valence-electron chi connectivity index (χ2n) is 2.68. The van der Waals surface area contributed by atoms with Crippen molar-refractivity contribution in [3.05, 3.63) is 35.0 Å². The standard InChI is InChI=1S/C9H7ClN2O/c10-7-1-2-9-8(3-7)6(4-11-9)5-12-13/h1-5,11,13H. The van der Waals surface area contributed by atoms with E-state index in [1.165, 1.54) is 6.21 Å². The van der Waals surface area contributed by atoms with Gasteiger partial charge < -0.3 is 10.2 Å². The SMILES string of the molecule is ON=Cc1c[nH]c2ccc(Cl)cc12. The predicted molar refractivity (Wildman–Crippen MR) is 52.7 cm³/mol. The number of aromatic nitrogens is 1. The Bertz CT molecular complexity index is 462. The highest BCUT2D eigenvalue weighted by Crippen LogP contribution is 2.20. The van der Waals surface area contributed by atoms with Gasteiger partial charge in [-0.05, 0) is 18.2 Å². The second kappa shape index (κ2) is 3.11. The molecule has 0 radical (unpaired) electrons. The molecule has 2 aromatic rings. The molecule has 0 aliphatic rings. The minimum Gasteiger partial charge on any atom is -0.411 e. The average molecular weight is 195 g/mol. The monoisotopic (exact) mass is 194 g/mol. The van der Waals surface area contributed by atoms with Crippen LogP contribution in [0.3, 0.4) is 0 Å². The molecule has 0 saturated heterocycles. The van der Waals surface area contributed by atoms with Gasteiger partial charge in [-0.2, -0.15) is 0 Å². The zero-order valence-electron chi connectivity index (χ0n) is 6.66. The van der Waals surface area contributed by atoms with E-state index in [1.807, 2.05) is 12.1 Å². The van der Waals surface area contributed by atoms with Gasteiger partial charge in [-0.3, -0.25) is 0 Å². The minimum absolute atomic E-state index is 0.666. The lowest BCUT2D eigenvalue weighted by Crippen LogP contribution is -1.76. The summed E-state index contributed by atoms with van der Waals surface area (Å²) in [5.41, 5.74) is 1.79. The molecule has 0 amide bonds. The summed E-state index contributed by atoms with van der Waals surface area (Å²) in [5.74, 6) is 0. The zero-order valence-corrected chi connectivity index (χ0v) is 7.42. The Labute approximate surface area is 79.6 Å². The third-order valence-electron chi connectivity index (χ3n) is 1.87. The summed E-state index contributed by atoms with van der Waals surface area (Å²) in [6.45, 7) is 0. The minimum atomic E-state index is 0.666. The average Bonchev–Trinajstić information content (AvgIpc) is 2.49. The van der Waals surface area contributed by atoms with Gasteiger partial charge in [0.2, 0.25) is 0 Å². The highest BCUT2D eigenvalue weighted by atomic mass is 35.5. The van der Waals surface area contributed by atoms with E-state index in [0.717, 1.165) is 16.5 Å². The Hall–Kier alpha value is -1.48. The van der Waals surface area contributed by atoms with Crippen LogP contribution in [-0.2, 0) is 0 Å². The molecule has 1 heterocycles. The van der Waals surface area contributed by atoms with Gasteiger partial charge in [0.25, 0.3) is 0 Å². The Balaban J connectivity index is 2.71. The molecule has 0 aliphatic carbocycles. The van der Waals surface area contributed by atoms with Crippen molar-refractivity contribution in [2.75, 3.05) is 0 Å². The topological polar surface area (TPSA) is 48.4 Å². The lowest BCUT2D eigenvalue weighted by atomic mass is 10.2. The van der Waals surface area contributed by atoms with E-state index in [2.05, 4.69) is 10.1 Å². The molecule has 2 rings (SSSR count).